The van der Waals surface area contributed by atoms with Crippen molar-refractivity contribution < 1.29 is 4.39 Å². The molecule has 0 saturated heterocycles. The van der Waals surface area contributed by atoms with E-state index in [0.29, 0.717) is 17.4 Å². The van der Waals surface area contributed by atoms with Gasteiger partial charge >= 0.3 is 0 Å². The van der Waals surface area contributed by atoms with Crippen LogP contribution in [0.3, 0.4) is 0 Å². The molecule has 2 N–H and O–H groups in total. The van der Waals surface area contributed by atoms with E-state index in [2.05, 4.69) is 10.1 Å². The number of benzene rings is 2. The van der Waals surface area contributed by atoms with Gasteiger partial charge in [-0.3, -0.25) is 0 Å². The lowest BCUT2D eigenvalue weighted by Crippen LogP contribution is -2.03. The molecule has 0 radical (unpaired) electrons. The van der Waals surface area contributed by atoms with Crippen molar-refractivity contribution in [2.24, 2.45) is 0 Å². The minimum atomic E-state index is -0.271. The summed E-state index contributed by atoms with van der Waals surface area (Å²) in [5.74, 6) is -0.271. The number of nitrogen functional groups attached to an aromatic ring is 1. The molecule has 7 heteroatoms. The summed E-state index contributed by atoms with van der Waals surface area (Å²) in [5.41, 5.74) is 7.52. The molecule has 3 rings (SSSR count). The maximum atomic E-state index is 13.0. The highest BCUT2D eigenvalue weighted by molar-refractivity contribution is 7.99. The van der Waals surface area contributed by atoms with E-state index >= 15 is 0 Å². The molecule has 0 aliphatic carbocycles. The van der Waals surface area contributed by atoms with Crippen molar-refractivity contribution >= 4 is 29.1 Å². The van der Waals surface area contributed by atoms with Gasteiger partial charge < -0.3 is 5.73 Å². The topological polar surface area (TPSA) is 56.7 Å². The zero-order valence-electron chi connectivity index (χ0n) is 11.4. The summed E-state index contributed by atoms with van der Waals surface area (Å²) < 4.78 is 14.6. The molecule has 0 spiro atoms. The SMILES string of the molecule is Nc1ccccc1Sc1nc(Cl)nn1Cc1ccc(F)cc1. The number of para-hydroxylation sites is 1. The number of rotatable bonds is 4. The van der Waals surface area contributed by atoms with E-state index in [1.165, 1.54) is 23.9 Å². The van der Waals surface area contributed by atoms with Gasteiger partial charge in [0.1, 0.15) is 5.82 Å². The summed E-state index contributed by atoms with van der Waals surface area (Å²) in [6.07, 6.45) is 0. The molecule has 0 fully saturated rings. The van der Waals surface area contributed by atoms with Crippen LogP contribution in [0.25, 0.3) is 0 Å². The lowest BCUT2D eigenvalue weighted by Gasteiger charge is -2.07. The summed E-state index contributed by atoms with van der Waals surface area (Å²) >= 11 is 7.31. The molecule has 112 valence electrons. The number of nitrogens with two attached hydrogens (primary N) is 1. The Morgan fingerprint density at radius 2 is 1.86 bits per heavy atom. The minimum absolute atomic E-state index is 0.166. The van der Waals surface area contributed by atoms with Crippen LogP contribution >= 0.6 is 23.4 Å². The van der Waals surface area contributed by atoms with Gasteiger partial charge in [0.2, 0.25) is 5.28 Å². The van der Waals surface area contributed by atoms with Crippen LogP contribution in [0.4, 0.5) is 10.1 Å². The van der Waals surface area contributed by atoms with Crippen LogP contribution in [0.5, 0.6) is 0 Å². The third-order valence-electron chi connectivity index (χ3n) is 2.98. The molecule has 2 aromatic carbocycles. The maximum Gasteiger partial charge on any atom is 0.243 e. The maximum absolute atomic E-state index is 13.0. The molecule has 0 bridgehead atoms. The molecule has 1 heterocycles. The lowest BCUT2D eigenvalue weighted by atomic mass is 10.2. The van der Waals surface area contributed by atoms with Crippen molar-refractivity contribution in [3.8, 4) is 0 Å². The van der Waals surface area contributed by atoms with Gasteiger partial charge in [-0.1, -0.05) is 24.3 Å². The van der Waals surface area contributed by atoms with E-state index in [1.54, 1.807) is 16.8 Å². The third-order valence-corrected chi connectivity index (χ3v) is 4.21. The Hall–Kier alpha value is -2.05. The quantitative estimate of drug-likeness (QED) is 0.736. The highest BCUT2D eigenvalue weighted by atomic mass is 35.5. The second-order valence-corrected chi connectivity index (χ2v) is 5.93. The second-order valence-electron chi connectivity index (χ2n) is 4.59. The molecule has 4 nitrogen and oxygen atoms in total. The van der Waals surface area contributed by atoms with E-state index in [9.17, 15) is 4.39 Å². The predicted octanol–water partition coefficient (Wildman–Crippen LogP) is 3.85. The van der Waals surface area contributed by atoms with Crippen molar-refractivity contribution in [3.05, 3.63) is 65.2 Å². The van der Waals surface area contributed by atoms with Gasteiger partial charge in [0.15, 0.2) is 5.16 Å². The van der Waals surface area contributed by atoms with E-state index < -0.39 is 0 Å². The van der Waals surface area contributed by atoms with Gasteiger partial charge in [-0.15, -0.1) is 5.10 Å². The molecule has 0 saturated carbocycles. The van der Waals surface area contributed by atoms with Crippen LogP contribution in [0.2, 0.25) is 5.28 Å². The lowest BCUT2D eigenvalue weighted by molar-refractivity contribution is 0.609. The average molecular weight is 335 g/mol. The number of hydrogen-bond acceptors (Lipinski definition) is 4. The molecular weight excluding hydrogens is 323 g/mol. The first-order valence-electron chi connectivity index (χ1n) is 6.49. The largest absolute Gasteiger partial charge is 0.398 e. The highest BCUT2D eigenvalue weighted by Gasteiger charge is 2.12. The second kappa shape index (κ2) is 6.37. The fourth-order valence-electron chi connectivity index (χ4n) is 1.91. The molecule has 22 heavy (non-hydrogen) atoms. The monoisotopic (exact) mass is 334 g/mol. The summed E-state index contributed by atoms with van der Waals surface area (Å²) in [4.78, 5) is 5.09. The van der Waals surface area contributed by atoms with E-state index in [1.807, 2.05) is 24.3 Å². The van der Waals surface area contributed by atoms with E-state index in [4.69, 9.17) is 17.3 Å². The summed E-state index contributed by atoms with van der Waals surface area (Å²) in [6, 6.07) is 13.7. The van der Waals surface area contributed by atoms with Crippen molar-refractivity contribution in [2.45, 2.75) is 16.6 Å². The molecule has 0 amide bonds. The van der Waals surface area contributed by atoms with Crippen molar-refractivity contribution in [3.63, 3.8) is 0 Å². The summed E-state index contributed by atoms with van der Waals surface area (Å²) in [6.45, 7) is 0.453. The van der Waals surface area contributed by atoms with E-state index in [0.717, 1.165) is 10.5 Å². The first-order chi connectivity index (χ1) is 10.6. The Balaban J connectivity index is 1.86. The molecule has 0 aliphatic rings. The molecule has 0 atom stereocenters. The Labute approximate surface area is 136 Å². The van der Waals surface area contributed by atoms with Gasteiger partial charge in [-0.05, 0) is 53.2 Å². The highest BCUT2D eigenvalue weighted by Crippen LogP contribution is 2.31. The zero-order chi connectivity index (χ0) is 15.5. The summed E-state index contributed by atoms with van der Waals surface area (Å²) in [7, 11) is 0. The Kier molecular flexibility index (Phi) is 4.31. The Bertz CT molecular complexity index is 788. The normalized spacial score (nSPS) is 10.8. The van der Waals surface area contributed by atoms with Gasteiger partial charge in [0.05, 0.1) is 6.54 Å². The van der Waals surface area contributed by atoms with Crippen LogP contribution in [0.15, 0.2) is 58.6 Å². The van der Waals surface area contributed by atoms with Crippen LogP contribution in [0, 0.1) is 5.82 Å². The van der Waals surface area contributed by atoms with Crippen LogP contribution in [-0.2, 0) is 6.54 Å². The number of halogens is 2. The van der Waals surface area contributed by atoms with Crippen molar-refractivity contribution in [2.75, 3.05) is 5.73 Å². The number of hydrogen-bond donors (Lipinski definition) is 1. The first-order valence-corrected chi connectivity index (χ1v) is 7.68. The number of aromatic nitrogens is 3. The fraction of sp³-hybridized carbons (Fsp3) is 0.0667. The number of anilines is 1. The van der Waals surface area contributed by atoms with Crippen LogP contribution < -0.4 is 5.73 Å². The first kappa shape index (κ1) is 14.9. The van der Waals surface area contributed by atoms with Crippen molar-refractivity contribution in [1.82, 2.24) is 14.8 Å². The van der Waals surface area contributed by atoms with Gasteiger partial charge in [0.25, 0.3) is 0 Å². The Morgan fingerprint density at radius 1 is 1.14 bits per heavy atom. The molecule has 0 aliphatic heterocycles. The van der Waals surface area contributed by atoms with Crippen LogP contribution in [0.1, 0.15) is 5.56 Å². The summed E-state index contributed by atoms with van der Waals surface area (Å²) in [5, 5.41) is 4.97. The zero-order valence-corrected chi connectivity index (χ0v) is 13.0. The predicted molar refractivity (Wildman–Crippen MR) is 85.5 cm³/mol. The fourth-order valence-corrected chi connectivity index (χ4v) is 3.01. The molecule has 3 aromatic rings. The van der Waals surface area contributed by atoms with Gasteiger partial charge in [0, 0.05) is 10.6 Å². The smallest absolute Gasteiger partial charge is 0.243 e. The van der Waals surface area contributed by atoms with Crippen LogP contribution in [-0.4, -0.2) is 14.8 Å². The Morgan fingerprint density at radius 3 is 2.59 bits per heavy atom. The molecule has 0 unspecified atom stereocenters. The third kappa shape index (κ3) is 3.40. The number of nitrogens with zero attached hydrogens (tertiary/aromatic N) is 3. The van der Waals surface area contributed by atoms with Crippen molar-refractivity contribution in [1.29, 1.82) is 0 Å². The van der Waals surface area contributed by atoms with Gasteiger partial charge in [-0.2, -0.15) is 4.98 Å². The van der Waals surface area contributed by atoms with E-state index in [-0.39, 0.29) is 11.1 Å². The molecule has 1 aromatic heterocycles. The molecular formula is C15H12ClFN4S. The minimum Gasteiger partial charge on any atom is -0.398 e. The van der Waals surface area contributed by atoms with Gasteiger partial charge in [-0.25, -0.2) is 9.07 Å². The average Bonchev–Trinajstić information content (AvgIpc) is 2.83. The standard InChI is InChI=1S/C15H12ClFN4S/c16-14-19-15(22-13-4-2-1-3-12(13)18)21(20-14)9-10-5-7-11(17)8-6-10/h1-8H,9,18H2.